The van der Waals surface area contributed by atoms with E-state index >= 15 is 0 Å². The van der Waals surface area contributed by atoms with E-state index in [1.807, 2.05) is 12.1 Å². The largest absolute Gasteiger partial charge is 0.495 e. The van der Waals surface area contributed by atoms with Crippen molar-refractivity contribution in [3.05, 3.63) is 24.3 Å². The van der Waals surface area contributed by atoms with Gasteiger partial charge >= 0.3 is 0 Å². The van der Waals surface area contributed by atoms with Gasteiger partial charge in [-0.1, -0.05) is 25.5 Å². The molecule has 1 atom stereocenters. The summed E-state index contributed by atoms with van der Waals surface area (Å²) in [4.78, 5) is 25.7. The van der Waals surface area contributed by atoms with Crippen LogP contribution in [0.15, 0.2) is 24.3 Å². The maximum atomic E-state index is 12.1. The highest BCUT2D eigenvalue weighted by atomic mass is 16.5. The molecule has 1 aliphatic rings. The first-order valence-electron chi connectivity index (χ1n) is 7.58. The Balaban J connectivity index is 1.88. The fourth-order valence-electron chi connectivity index (χ4n) is 2.55. The monoisotopic (exact) mass is 305 g/mol. The Morgan fingerprint density at radius 2 is 2.23 bits per heavy atom. The minimum atomic E-state index is -0.228. The summed E-state index contributed by atoms with van der Waals surface area (Å²) in [5.74, 6) is 0.392. The summed E-state index contributed by atoms with van der Waals surface area (Å²) in [5, 5.41) is 6.07. The summed E-state index contributed by atoms with van der Waals surface area (Å²) < 4.78 is 5.19. The minimum Gasteiger partial charge on any atom is -0.495 e. The second-order valence-corrected chi connectivity index (χ2v) is 5.39. The van der Waals surface area contributed by atoms with Crippen molar-refractivity contribution in [1.82, 2.24) is 10.2 Å². The number of hydrogen-bond acceptors (Lipinski definition) is 4. The molecule has 6 nitrogen and oxygen atoms in total. The third-order valence-corrected chi connectivity index (χ3v) is 3.70. The Bertz CT molecular complexity index is 533. The molecule has 0 aliphatic carbocycles. The highest BCUT2D eigenvalue weighted by molar-refractivity contribution is 5.95. The number of nitrogens with zero attached hydrogens (tertiary/aromatic N) is 1. The summed E-state index contributed by atoms with van der Waals surface area (Å²) >= 11 is 0. The van der Waals surface area contributed by atoms with E-state index in [1.165, 1.54) is 4.90 Å². The lowest BCUT2D eigenvalue weighted by atomic mass is 10.1. The lowest BCUT2D eigenvalue weighted by Gasteiger charge is -2.32. The average molecular weight is 305 g/mol. The van der Waals surface area contributed by atoms with Crippen molar-refractivity contribution in [2.45, 2.75) is 32.2 Å². The summed E-state index contributed by atoms with van der Waals surface area (Å²) in [6, 6.07) is 7.43. The molecule has 0 saturated carbocycles. The van der Waals surface area contributed by atoms with Gasteiger partial charge in [0, 0.05) is 12.5 Å². The van der Waals surface area contributed by atoms with E-state index in [1.54, 1.807) is 19.2 Å². The van der Waals surface area contributed by atoms with Crippen molar-refractivity contribution < 1.29 is 14.3 Å². The van der Waals surface area contributed by atoms with Gasteiger partial charge in [0.1, 0.15) is 12.3 Å². The zero-order valence-electron chi connectivity index (χ0n) is 13.1. The molecule has 1 unspecified atom stereocenters. The molecule has 2 rings (SSSR count). The van der Waals surface area contributed by atoms with E-state index in [0.717, 1.165) is 12.8 Å². The lowest BCUT2D eigenvalue weighted by molar-refractivity contribution is -0.138. The highest BCUT2D eigenvalue weighted by Gasteiger charge is 2.26. The molecule has 1 aromatic carbocycles. The van der Waals surface area contributed by atoms with Crippen molar-refractivity contribution in [3.63, 3.8) is 0 Å². The molecular weight excluding hydrogens is 282 g/mol. The maximum Gasteiger partial charge on any atom is 0.244 e. The summed E-state index contributed by atoms with van der Waals surface area (Å²) in [5.41, 5.74) is 0.608. The van der Waals surface area contributed by atoms with E-state index in [9.17, 15) is 9.59 Å². The van der Waals surface area contributed by atoms with Crippen molar-refractivity contribution in [3.8, 4) is 5.75 Å². The van der Waals surface area contributed by atoms with Gasteiger partial charge in [0.25, 0.3) is 0 Å². The number of methoxy groups -OCH3 is 1. The van der Waals surface area contributed by atoms with Crippen LogP contribution in [0, 0.1) is 0 Å². The van der Waals surface area contributed by atoms with Crippen LogP contribution < -0.4 is 15.4 Å². The number of benzene rings is 1. The van der Waals surface area contributed by atoms with Crippen molar-refractivity contribution in [2.24, 2.45) is 0 Å². The Kier molecular flexibility index (Phi) is 5.77. The third-order valence-electron chi connectivity index (χ3n) is 3.70. The van der Waals surface area contributed by atoms with E-state index in [0.29, 0.717) is 24.5 Å². The quantitative estimate of drug-likeness (QED) is 0.837. The summed E-state index contributed by atoms with van der Waals surface area (Å²) in [6.45, 7) is 2.56. The van der Waals surface area contributed by atoms with Crippen LogP contribution in [-0.2, 0) is 9.59 Å². The van der Waals surface area contributed by atoms with Crippen LogP contribution in [-0.4, -0.2) is 43.1 Å². The van der Waals surface area contributed by atoms with Crippen molar-refractivity contribution in [2.75, 3.05) is 25.6 Å². The standard InChI is InChI=1S/C16H23N3O3/c1-3-6-12-9-16(21)19(11-17-12)10-15(20)18-13-7-4-5-8-14(13)22-2/h4-5,7-8,12,17H,3,6,9-11H2,1-2H3,(H,18,20). The molecule has 22 heavy (non-hydrogen) atoms. The fourth-order valence-corrected chi connectivity index (χ4v) is 2.55. The van der Waals surface area contributed by atoms with Crippen LogP contribution in [0.5, 0.6) is 5.75 Å². The number of amides is 2. The zero-order chi connectivity index (χ0) is 15.9. The molecule has 1 saturated heterocycles. The van der Waals surface area contributed by atoms with Gasteiger partial charge in [0.05, 0.1) is 19.5 Å². The minimum absolute atomic E-state index is 0.0207. The van der Waals surface area contributed by atoms with Gasteiger partial charge in [-0.2, -0.15) is 0 Å². The van der Waals surface area contributed by atoms with Crippen LogP contribution in [0.3, 0.4) is 0 Å². The van der Waals surface area contributed by atoms with Gasteiger partial charge in [-0.3, -0.25) is 14.9 Å². The topological polar surface area (TPSA) is 70.7 Å². The predicted octanol–water partition coefficient (Wildman–Crippen LogP) is 1.58. The third kappa shape index (κ3) is 4.21. The molecule has 120 valence electrons. The van der Waals surface area contributed by atoms with E-state index in [-0.39, 0.29) is 24.4 Å². The normalized spacial score (nSPS) is 18.2. The molecule has 1 aliphatic heterocycles. The van der Waals surface area contributed by atoms with Gasteiger partial charge < -0.3 is 15.0 Å². The molecule has 0 spiro atoms. The van der Waals surface area contributed by atoms with Crippen molar-refractivity contribution in [1.29, 1.82) is 0 Å². The van der Waals surface area contributed by atoms with Crippen LogP contribution in [0.25, 0.3) is 0 Å². The van der Waals surface area contributed by atoms with E-state index in [4.69, 9.17) is 4.74 Å². The number of anilines is 1. The number of hydrogen-bond donors (Lipinski definition) is 2. The van der Waals surface area contributed by atoms with Gasteiger partial charge in [-0.05, 0) is 18.6 Å². The zero-order valence-corrected chi connectivity index (χ0v) is 13.1. The Labute approximate surface area is 130 Å². The van der Waals surface area contributed by atoms with Gasteiger partial charge in [-0.15, -0.1) is 0 Å². The molecule has 1 aromatic rings. The smallest absolute Gasteiger partial charge is 0.244 e. The first kappa shape index (κ1) is 16.3. The van der Waals surface area contributed by atoms with Crippen LogP contribution in [0.1, 0.15) is 26.2 Å². The van der Waals surface area contributed by atoms with E-state index in [2.05, 4.69) is 17.6 Å². The molecule has 0 aromatic heterocycles. The molecule has 6 heteroatoms. The van der Waals surface area contributed by atoms with Crippen LogP contribution in [0.4, 0.5) is 5.69 Å². The van der Waals surface area contributed by atoms with E-state index < -0.39 is 0 Å². The molecular formula is C16H23N3O3. The Morgan fingerprint density at radius 3 is 2.91 bits per heavy atom. The SMILES string of the molecule is CCCC1CC(=O)N(CC(=O)Nc2ccccc2OC)CN1. The molecule has 1 fully saturated rings. The lowest BCUT2D eigenvalue weighted by Crippen LogP contribution is -2.52. The van der Waals surface area contributed by atoms with Crippen LogP contribution >= 0.6 is 0 Å². The average Bonchev–Trinajstić information content (AvgIpc) is 2.51. The second-order valence-electron chi connectivity index (χ2n) is 5.39. The number of para-hydroxylation sites is 2. The van der Waals surface area contributed by atoms with Gasteiger partial charge in [-0.25, -0.2) is 0 Å². The summed E-state index contributed by atoms with van der Waals surface area (Å²) in [6.07, 6.45) is 2.47. The molecule has 1 heterocycles. The molecule has 2 N–H and O–H groups in total. The first-order valence-corrected chi connectivity index (χ1v) is 7.58. The molecule has 2 amide bonds. The second kappa shape index (κ2) is 7.79. The predicted molar refractivity (Wildman–Crippen MR) is 84.7 cm³/mol. The number of carbonyl (C=O) groups is 2. The summed E-state index contributed by atoms with van der Waals surface area (Å²) in [7, 11) is 1.55. The van der Waals surface area contributed by atoms with Crippen LogP contribution in [0.2, 0.25) is 0 Å². The first-order chi connectivity index (χ1) is 10.6. The van der Waals surface area contributed by atoms with Crippen molar-refractivity contribution >= 4 is 17.5 Å². The molecule has 0 radical (unpaired) electrons. The Morgan fingerprint density at radius 1 is 1.45 bits per heavy atom. The maximum absolute atomic E-state index is 12.1. The Hall–Kier alpha value is -2.08. The number of ether oxygens (including phenoxy) is 1. The fraction of sp³-hybridized carbons (Fsp3) is 0.500. The highest BCUT2D eigenvalue weighted by Crippen LogP contribution is 2.23. The number of nitrogens with one attached hydrogen (secondary N) is 2. The number of rotatable bonds is 6. The van der Waals surface area contributed by atoms with Gasteiger partial charge in [0.2, 0.25) is 11.8 Å². The van der Waals surface area contributed by atoms with Gasteiger partial charge in [0.15, 0.2) is 0 Å². The molecule has 0 bridgehead atoms. The number of carbonyl (C=O) groups excluding carboxylic acids is 2.